The summed E-state index contributed by atoms with van der Waals surface area (Å²) in [5.41, 5.74) is 1.09. The van der Waals surface area contributed by atoms with Gasteiger partial charge in [0, 0.05) is 6.04 Å². The van der Waals surface area contributed by atoms with Crippen LogP contribution in [0.25, 0.3) is 0 Å². The highest BCUT2D eigenvalue weighted by Crippen LogP contribution is 2.36. The van der Waals surface area contributed by atoms with Gasteiger partial charge in [0.05, 0.1) is 10.0 Å². The minimum atomic E-state index is 0.252. The van der Waals surface area contributed by atoms with Crippen molar-refractivity contribution in [2.45, 2.75) is 32.7 Å². The van der Waals surface area contributed by atoms with Crippen LogP contribution >= 0.6 is 23.2 Å². The zero-order valence-corrected chi connectivity index (χ0v) is 11.9. The third-order valence-electron chi connectivity index (χ3n) is 3.62. The van der Waals surface area contributed by atoms with E-state index < -0.39 is 0 Å². The molecule has 17 heavy (non-hydrogen) atoms. The topological polar surface area (TPSA) is 12.0 Å². The van der Waals surface area contributed by atoms with Gasteiger partial charge in [0.2, 0.25) is 0 Å². The van der Waals surface area contributed by atoms with Crippen LogP contribution in [0.5, 0.6) is 0 Å². The summed E-state index contributed by atoms with van der Waals surface area (Å²) in [6.45, 7) is 5.50. The summed E-state index contributed by atoms with van der Waals surface area (Å²) in [6.07, 6.45) is 2.80. The second kappa shape index (κ2) is 5.60. The molecule has 1 N–H and O–H groups in total. The Morgan fingerprint density at radius 1 is 1.29 bits per heavy atom. The first-order valence-corrected chi connectivity index (χ1v) is 7.02. The molecule has 0 saturated heterocycles. The monoisotopic (exact) mass is 271 g/mol. The second-order valence-electron chi connectivity index (χ2n) is 5.09. The molecule has 1 aromatic rings. The predicted octanol–water partition coefficient (Wildman–Crippen LogP) is 4.69. The lowest BCUT2D eigenvalue weighted by molar-refractivity contribution is 0.432. The highest BCUT2D eigenvalue weighted by molar-refractivity contribution is 6.42. The molecule has 0 bridgehead atoms. The fourth-order valence-electron chi connectivity index (χ4n) is 2.16. The van der Waals surface area contributed by atoms with Crippen LogP contribution in [0.4, 0.5) is 0 Å². The molecule has 1 aliphatic rings. The largest absolute Gasteiger partial charge is 0.310 e. The van der Waals surface area contributed by atoms with Gasteiger partial charge in [-0.2, -0.15) is 0 Å². The Morgan fingerprint density at radius 2 is 2.00 bits per heavy atom. The summed E-state index contributed by atoms with van der Waals surface area (Å²) < 4.78 is 0. The van der Waals surface area contributed by atoms with Gasteiger partial charge in [0.25, 0.3) is 0 Å². The molecule has 0 amide bonds. The molecular formula is C14H19Cl2N. The predicted molar refractivity (Wildman–Crippen MR) is 74.8 cm³/mol. The Bertz CT molecular complexity index is 388. The van der Waals surface area contributed by atoms with Crippen molar-refractivity contribution < 1.29 is 0 Å². The molecule has 3 heteroatoms. The van der Waals surface area contributed by atoms with Gasteiger partial charge in [-0.25, -0.2) is 0 Å². The lowest BCUT2D eigenvalue weighted by Gasteiger charge is -2.19. The van der Waals surface area contributed by atoms with Gasteiger partial charge in [-0.15, -0.1) is 0 Å². The normalized spacial score (nSPS) is 19.1. The van der Waals surface area contributed by atoms with Gasteiger partial charge in [-0.05, 0) is 49.8 Å². The maximum atomic E-state index is 6.21. The Labute approximate surface area is 114 Å². The fourth-order valence-corrected chi connectivity index (χ4v) is 2.63. The molecule has 1 aliphatic carbocycles. The Kier molecular flexibility index (Phi) is 4.35. The minimum Gasteiger partial charge on any atom is -0.310 e. The number of hydrogen-bond acceptors (Lipinski definition) is 1. The number of benzene rings is 1. The SMILES string of the molecule is CC(NCC(C)C1CC1)c1cccc(Cl)c1Cl. The van der Waals surface area contributed by atoms with E-state index in [2.05, 4.69) is 19.2 Å². The average Bonchev–Trinajstić information content (AvgIpc) is 3.13. The summed E-state index contributed by atoms with van der Waals surface area (Å²) in [4.78, 5) is 0. The van der Waals surface area contributed by atoms with Gasteiger partial charge >= 0.3 is 0 Å². The molecule has 1 nitrogen and oxygen atoms in total. The number of rotatable bonds is 5. The van der Waals surface area contributed by atoms with Gasteiger partial charge in [0.15, 0.2) is 0 Å². The highest BCUT2D eigenvalue weighted by atomic mass is 35.5. The van der Waals surface area contributed by atoms with E-state index in [0.717, 1.165) is 23.9 Å². The van der Waals surface area contributed by atoms with E-state index >= 15 is 0 Å². The van der Waals surface area contributed by atoms with E-state index in [4.69, 9.17) is 23.2 Å². The van der Waals surface area contributed by atoms with E-state index in [0.29, 0.717) is 10.0 Å². The summed E-state index contributed by atoms with van der Waals surface area (Å²) >= 11 is 12.2. The van der Waals surface area contributed by atoms with Crippen molar-refractivity contribution in [1.82, 2.24) is 5.32 Å². The third-order valence-corrected chi connectivity index (χ3v) is 4.45. The quantitative estimate of drug-likeness (QED) is 0.819. The van der Waals surface area contributed by atoms with Crippen LogP contribution in [0.15, 0.2) is 18.2 Å². The molecule has 1 aromatic carbocycles. The molecule has 1 saturated carbocycles. The van der Waals surface area contributed by atoms with Crippen molar-refractivity contribution in [2.24, 2.45) is 11.8 Å². The Hall–Kier alpha value is -0.240. The summed E-state index contributed by atoms with van der Waals surface area (Å²) in [5, 5.41) is 4.85. The highest BCUT2D eigenvalue weighted by Gasteiger charge is 2.27. The van der Waals surface area contributed by atoms with Crippen molar-refractivity contribution >= 4 is 23.2 Å². The molecule has 0 heterocycles. The smallest absolute Gasteiger partial charge is 0.0639 e. The van der Waals surface area contributed by atoms with Crippen molar-refractivity contribution in [1.29, 1.82) is 0 Å². The third kappa shape index (κ3) is 3.37. The summed E-state index contributed by atoms with van der Waals surface area (Å²) in [5.74, 6) is 1.69. The number of hydrogen-bond donors (Lipinski definition) is 1. The lowest BCUT2D eigenvalue weighted by Crippen LogP contribution is -2.25. The van der Waals surface area contributed by atoms with E-state index in [1.807, 2.05) is 18.2 Å². The minimum absolute atomic E-state index is 0.252. The van der Waals surface area contributed by atoms with E-state index in [9.17, 15) is 0 Å². The molecule has 2 unspecified atom stereocenters. The van der Waals surface area contributed by atoms with Crippen LogP contribution in [0, 0.1) is 11.8 Å². The molecule has 1 fully saturated rings. The van der Waals surface area contributed by atoms with Gasteiger partial charge < -0.3 is 5.32 Å². The summed E-state index contributed by atoms with van der Waals surface area (Å²) in [6, 6.07) is 6.06. The second-order valence-corrected chi connectivity index (χ2v) is 5.87. The van der Waals surface area contributed by atoms with Crippen LogP contribution in [0.3, 0.4) is 0 Å². The number of nitrogens with one attached hydrogen (secondary N) is 1. The van der Waals surface area contributed by atoms with E-state index in [1.165, 1.54) is 12.8 Å². The van der Waals surface area contributed by atoms with Gasteiger partial charge in [-0.1, -0.05) is 42.3 Å². The van der Waals surface area contributed by atoms with E-state index in [1.54, 1.807) is 0 Å². The zero-order valence-electron chi connectivity index (χ0n) is 10.3. The van der Waals surface area contributed by atoms with Crippen LogP contribution in [0.1, 0.15) is 38.3 Å². The lowest BCUT2D eigenvalue weighted by atomic mass is 10.0. The molecule has 0 aliphatic heterocycles. The molecule has 0 radical (unpaired) electrons. The molecule has 2 rings (SSSR count). The molecule has 0 spiro atoms. The van der Waals surface area contributed by atoms with Crippen LogP contribution in [0.2, 0.25) is 10.0 Å². The Morgan fingerprint density at radius 3 is 2.65 bits per heavy atom. The van der Waals surface area contributed by atoms with Crippen LogP contribution in [-0.2, 0) is 0 Å². The van der Waals surface area contributed by atoms with Crippen LogP contribution in [-0.4, -0.2) is 6.54 Å². The average molecular weight is 272 g/mol. The van der Waals surface area contributed by atoms with E-state index in [-0.39, 0.29) is 6.04 Å². The van der Waals surface area contributed by atoms with Crippen LogP contribution < -0.4 is 5.32 Å². The van der Waals surface area contributed by atoms with Gasteiger partial charge in [0.1, 0.15) is 0 Å². The van der Waals surface area contributed by atoms with Crippen molar-refractivity contribution in [2.75, 3.05) is 6.54 Å². The number of halogens is 2. The van der Waals surface area contributed by atoms with Crippen molar-refractivity contribution in [3.63, 3.8) is 0 Å². The molecule has 0 aromatic heterocycles. The van der Waals surface area contributed by atoms with Crippen molar-refractivity contribution in [3.05, 3.63) is 33.8 Å². The first-order chi connectivity index (χ1) is 8.09. The maximum absolute atomic E-state index is 6.21. The maximum Gasteiger partial charge on any atom is 0.0639 e. The fraction of sp³-hybridized carbons (Fsp3) is 0.571. The first-order valence-electron chi connectivity index (χ1n) is 6.27. The summed E-state index contributed by atoms with van der Waals surface area (Å²) in [7, 11) is 0. The molecular weight excluding hydrogens is 253 g/mol. The Balaban J connectivity index is 1.94. The first kappa shape index (κ1) is 13.2. The molecule has 2 atom stereocenters. The standard InChI is InChI=1S/C14H19Cl2N/c1-9(11-6-7-11)8-17-10(2)12-4-3-5-13(15)14(12)16/h3-5,9-11,17H,6-8H2,1-2H3. The molecule has 94 valence electrons. The van der Waals surface area contributed by atoms with Crippen molar-refractivity contribution in [3.8, 4) is 0 Å². The van der Waals surface area contributed by atoms with Gasteiger partial charge in [-0.3, -0.25) is 0 Å². The zero-order chi connectivity index (χ0) is 12.4.